The van der Waals surface area contributed by atoms with Crippen LogP contribution in [0.2, 0.25) is 0 Å². The monoisotopic (exact) mass is 188 g/mol. The summed E-state index contributed by atoms with van der Waals surface area (Å²) in [5.41, 5.74) is 1.91. The van der Waals surface area contributed by atoms with Crippen molar-refractivity contribution in [2.75, 3.05) is 6.61 Å². The minimum absolute atomic E-state index is 0.494. The largest absolute Gasteiger partial charge is 0.493 e. The predicted molar refractivity (Wildman–Crippen MR) is 56.5 cm³/mol. The van der Waals surface area contributed by atoms with Gasteiger partial charge in [-0.1, -0.05) is 31.0 Å². The molecule has 74 valence electrons. The van der Waals surface area contributed by atoms with Crippen LogP contribution in [0.3, 0.4) is 0 Å². The van der Waals surface area contributed by atoms with Gasteiger partial charge in [-0.15, -0.1) is 0 Å². The maximum Gasteiger partial charge on any atom is 0.122 e. The third-order valence-electron chi connectivity index (χ3n) is 3.74. The molecule has 0 saturated heterocycles. The van der Waals surface area contributed by atoms with Crippen LogP contribution in [0.15, 0.2) is 24.3 Å². The third-order valence-corrected chi connectivity index (χ3v) is 3.74. The smallest absolute Gasteiger partial charge is 0.122 e. The van der Waals surface area contributed by atoms with Gasteiger partial charge in [0.15, 0.2) is 0 Å². The fraction of sp³-hybridized carbons (Fsp3) is 0.538. The highest BCUT2D eigenvalue weighted by molar-refractivity contribution is 5.36. The van der Waals surface area contributed by atoms with Crippen LogP contribution in [0.5, 0.6) is 5.75 Å². The summed E-state index contributed by atoms with van der Waals surface area (Å²) in [6.45, 7) is 0.948. The molecular formula is C13H16O. The second kappa shape index (κ2) is 3.01. The quantitative estimate of drug-likeness (QED) is 0.607. The maximum absolute atomic E-state index is 5.86. The molecule has 0 bridgehead atoms. The van der Waals surface area contributed by atoms with E-state index in [1.54, 1.807) is 0 Å². The van der Waals surface area contributed by atoms with Gasteiger partial charge < -0.3 is 4.74 Å². The van der Waals surface area contributed by atoms with Gasteiger partial charge in [-0.3, -0.25) is 0 Å². The van der Waals surface area contributed by atoms with Gasteiger partial charge >= 0.3 is 0 Å². The van der Waals surface area contributed by atoms with Crippen LogP contribution in [0.25, 0.3) is 0 Å². The summed E-state index contributed by atoms with van der Waals surface area (Å²) in [4.78, 5) is 0. The fourth-order valence-electron chi connectivity index (χ4n) is 2.92. The van der Waals surface area contributed by atoms with Crippen LogP contribution >= 0.6 is 0 Å². The molecule has 0 N–H and O–H groups in total. The molecule has 1 aromatic rings. The minimum atomic E-state index is 0.494. The molecule has 0 radical (unpaired) electrons. The zero-order valence-corrected chi connectivity index (χ0v) is 8.46. The summed E-state index contributed by atoms with van der Waals surface area (Å²) in [5, 5.41) is 0. The Morgan fingerprint density at radius 2 is 1.86 bits per heavy atom. The van der Waals surface area contributed by atoms with Crippen LogP contribution in [0.4, 0.5) is 0 Å². The fourth-order valence-corrected chi connectivity index (χ4v) is 2.92. The van der Waals surface area contributed by atoms with E-state index < -0.39 is 0 Å². The Morgan fingerprint density at radius 1 is 1.07 bits per heavy atom. The highest BCUT2D eigenvalue weighted by atomic mass is 16.5. The first kappa shape index (κ1) is 8.34. The van der Waals surface area contributed by atoms with E-state index in [4.69, 9.17) is 4.74 Å². The maximum atomic E-state index is 5.86. The Kier molecular flexibility index (Phi) is 1.79. The Balaban J connectivity index is 1.92. The molecule has 14 heavy (non-hydrogen) atoms. The van der Waals surface area contributed by atoms with Crippen molar-refractivity contribution >= 4 is 0 Å². The molecule has 1 aliphatic carbocycles. The van der Waals surface area contributed by atoms with Gasteiger partial charge in [0.1, 0.15) is 5.75 Å². The van der Waals surface area contributed by atoms with Gasteiger partial charge in [0, 0.05) is 5.41 Å². The van der Waals surface area contributed by atoms with Gasteiger partial charge in [-0.2, -0.15) is 0 Å². The van der Waals surface area contributed by atoms with Crippen LogP contribution in [0.1, 0.15) is 31.2 Å². The number of rotatable bonds is 0. The Morgan fingerprint density at radius 3 is 2.71 bits per heavy atom. The zero-order chi connectivity index (χ0) is 9.43. The van der Waals surface area contributed by atoms with Crippen molar-refractivity contribution in [1.29, 1.82) is 0 Å². The second-order valence-electron chi connectivity index (χ2n) is 4.78. The molecule has 0 aromatic heterocycles. The summed E-state index contributed by atoms with van der Waals surface area (Å²) >= 11 is 0. The molecule has 1 saturated carbocycles. The van der Waals surface area contributed by atoms with Gasteiger partial charge in [0.25, 0.3) is 0 Å². The number of para-hydroxylation sites is 1. The van der Waals surface area contributed by atoms with Crippen molar-refractivity contribution in [3.8, 4) is 5.75 Å². The van der Waals surface area contributed by atoms with Crippen LogP contribution < -0.4 is 4.74 Å². The van der Waals surface area contributed by atoms with E-state index in [-0.39, 0.29) is 0 Å². The first-order valence-corrected chi connectivity index (χ1v) is 5.59. The number of fused-ring (bicyclic) bond motifs is 1. The van der Waals surface area contributed by atoms with Crippen LogP contribution in [-0.4, -0.2) is 6.61 Å². The number of ether oxygens (including phenoxy) is 1. The van der Waals surface area contributed by atoms with E-state index >= 15 is 0 Å². The molecule has 1 aliphatic heterocycles. The standard InChI is InChI=1S/C13H16O/c1-2-6-12-11(5-1)9-13(10-14-12)7-3-4-8-13/h1-2,5-6H,3-4,7-10H2. The molecule has 1 fully saturated rings. The molecular weight excluding hydrogens is 172 g/mol. The summed E-state index contributed by atoms with van der Waals surface area (Å²) in [6, 6.07) is 8.49. The highest BCUT2D eigenvalue weighted by Gasteiger charge is 2.38. The molecule has 3 rings (SSSR count). The summed E-state index contributed by atoms with van der Waals surface area (Å²) < 4.78 is 5.86. The molecule has 1 aromatic carbocycles. The zero-order valence-electron chi connectivity index (χ0n) is 8.46. The van der Waals surface area contributed by atoms with E-state index in [0.717, 1.165) is 12.4 Å². The lowest BCUT2D eigenvalue weighted by Gasteiger charge is -2.34. The molecule has 0 atom stereocenters. The molecule has 1 nitrogen and oxygen atoms in total. The lowest BCUT2D eigenvalue weighted by Crippen LogP contribution is -2.31. The van der Waals surface area contributed by atoms with E-state index in [9.17, 15) is 0 Å². The number of hydrogen-bond donors (Lipinski definition) is 0. The van der Waals surface area contributed by atoms with Gasteiger partial charge in [-0.25, -0.2) is 0 Å². The SMILES string of the molecule is c1ccc2c(c1)CC1(CCCC1)CO2. The topological polar surface area (TPSA) is 9.23 Å². The predicted octanol–water partition coefficient (Wildman–Crippen LogP) is 3.18. The normalized spacial score (nSPS) is 23.1. The van der Waals surface area contributed by atoms with E-state index in [2.05, 4.69) is 24.3 Å². The van der Waals surface area contributed by atoms with Crippen molar-refractivity contribution < 1.29 is 4.74 Å². The molecule has 0 unspecified atom stereocenters. The molecule has 1 heterocycles. The number of hydrogen-bond acceptors (Lipinski definition) is 1. The second-order valence-corrected chi connectivity index (χ2v) is 4.78. The number of benzene rings is 1. The first-order valence-electron chi connectivity index (χ1n) is 5.59. The Labute approximate surface area is 85.1 Å². The molecule has 1 heteroatoms. The average molecular weight is 188 g/mol. The van der Waals surface area contributed by atoms with Crippen molar-refractivity contribution in [3.05, 3.63) is 29.8 Å². The molecule has 2 aliphatic rings. The van der Waals surface area contributed by atoms with Crippen molar-refractivity contribution in [2.24, 2.45) is 5.41 Å². The summed E-state index contributed by atoms with van der Waals surface area (Å²) in [6.07, 6.45) is 6.75. The highest BCUT2D eigenvalue weighted by Crippen LogP contribution is 2.45. The van der Waals surface area contributed by atoms with Crippen molar-refractivity contribution in [3.63, 3.8) is 0 Å². The van der Waals surface area contributed by atoms with Crippen molar-refractivity contribution in [1.82, 2.24) is 0 Å². The minimum Gasteiger partial charge on any atom is -0.493 e. The van der Waals surface area contributed by atoms with Gasteiger partial charge in [0.05, 0.1) is 6.61 Å². The summed E-state index contributed by atoms with van der Waals surface area (Å²) in [7, 11) is 0. The van der Waals surface area contributed by atoms with Crippen LogP contribution in [0, 0.1) is 5.41 Å². The van der Waals surface area contributed by atoms with Crippen molar-refractivity contribution in [2.45, 2.75) is 32.1 Å². The third kappa shape index (κ3) is 1.23. The molecule has 1 spiro atoms. The molecule has 0 amide bonds. The Bertz CT molecular complexity index is 337. The summed E-state index contributed by atoms with van der Waals surface area (Å²) in [5.74, 6) is 1.12. The van der Waals surface area contributed by atoms with E-state index in [1.165, 1.54) is 37.7 Å². The van der Waals surface area contributed by atoms with Gasteiger partial charge in [0.2, 0.25) is 0 Å². The van der Waals surface area contributed by atoms with Crippen LogP contribution in [-0.2, 0) is 6.42 Å². The first-order chi connectivity index (χ1) is 6.88. The lowest BCUT2D eigenvalue weighted by molar-refractivity contribution is 0.125. The van der Waals surface area contributed by atoms with E-state index in [1.807, 2.05) is 0 Å². The van der Waals surface area contributed by atoms with E-state index in [0.29, 0.717) is 5.41 Å². The van der Waals surface area contributed by atoms with Gasteiger partial charge in [-0.05, 0) is 30.9 Å². The Hall–Kier alpha value is -0.980. The average Bonchev–Trinajstić information content (AvgIpc) is 2.66. The lowest BCUT2D eigenvalue weighted by atomic mass is 9.79.